The second-order valence-corrected chi connectivity index (χ2v) is 15.7. The molecule has 0 amide bonds. The summed E-state index contributed by atoms with van der Waals surface area (Å²) in [5.41, 5.74) is 3.79. The van der Waals surface area contributed by atoms with Gasteiger partial charge in [-0.2, -0.15) is 26.3 Å². The van der Waals surface area contributed by atoms with Crippen LogP contribution in [0.1, 0.15) is 17.5 Å². The highest BCUT2D eigenvalue weighted by Gasteiger charge is 2.41. The molecule has 3 heterocycles. The lowest BCUT2D eigenvalue weighted by molar-refractivity contribution is -0.0970. The van der Waals surface area contributed by atoms with Crippen LogP contribution < -0.4 is 15.8 Å². The van der Waals surface area contributed by atoms with Gasteiger partial charge in [-0.3, -0.25) is 0 Å². The van der Waals surface area contributed by atoms with Gasteiger partial charge in [-0.15, -0.1) is 0 Å². The predicted octanol–water partition coefficient (Wildman–Crippen LogP) is 12.0. The number of benzene rings is 7. The van der Waals surface area contributed by atoms with E-state index in [4.69, 9.17) is 9.98 Å². The van der Waals surface area contributed by atoms with Crippen LogP contribution in [0.2, 0.25) is 0 Å². The predicted molar refractivity (Wildman–Crippen MR) is 243 cm³/mol. The summed E-state index contributed by atoms with van der Waals surface area (Å²) in [6, 6.07) is 54.3. The molecule has 9 aromatic rings. The molecule has 1 aliphatic heterocycles. The Morgan fingerprint density at radius 1 is 0.453 bits per heavy atom. The highest BCUT2D eigenvalue weighted by Crippen LogP contribution is 2.40. The SMILES string of the molecule is FC(F)(F)C1=CC(=c2ccc(-n3c4ccccc4c4ccc(-n5c6ccccc6c6ccccc65)cc43)cc2=C2N=C(c3ccccc3)N=C(c3ccccc3)N2)CC(C(F)(F)F)=C1. The van der Waals surface area contributed by atoms with Crippen molar-refractivity contribution >= 4 is 66.7 Å². The Morgan fingerprint density at radius 3 is 1.56 bits per heavy atom. The van der Waals surface area contributed by atoms with Crippen LogP contribution in [0, 0.1) is 0 Å². The van der Waals surface area contributed by atoms with E-state index in [9.17, 15) is 26.3 Å². The number of amidine groups is 2. The number of para-hydroxylation sites is 3. The van der Waals surface area contributed by atoms with Crippen LogP contribution in [0.25, 0.3) is 66.4 Å². The summed E-state index contributed by atoms with van der Waals surface area (Å²) in [6.07, 6.45) is -9.82. The van der Waals surface area contributed by atoms with Gasteiger partial charge >= 0.3 is 12.4 Å². The molecule has 0 fully saturated rings. The Kier molecular flexibility index (Phi) is 9.05. The number of halogens is 6. The number of hydrogen-bond donors (Lipinski definition) is 1. The normalized spacial score (nSPS) is 16.5. The lowest BCUT2D eigenvalue weighted by Gasteiger charge is -2.21. The van der Waals surface area contributed by atoms with Gasteiger partial charge in [0.25, 0.3) is 0 Å². The number of nitrogens with one attached hydrogen (secondary N) is 1. The molecular formula is C53H33F6N5. The van der Waals surface area contributed by atoms with Gasteiger partial charge in [-0.05, 0) is 65.4 Å². The van der Waals surface area contributed by atoms with Crippen LogP contribution >= 0.6 is 0 Å². The first-order valence-corrected chi connectivity index (χ1v) is 20.5. The van der Waals surface area contributed by atoms with E-state index in [1.165, 1.54) is 0 Å². The molecule has 2 aromatic heterocycles. The third kappa shape index (κ3) is 6.68. The van der Waals surface area contributed by atoms with Crippen LogP contribution in [-0.4, -0.2) is 33.2 Å². The fourth-order valence-corrected chi connectivity index (χ4v) is 8.95. The molecule has 11 rings (SSSR count). The third-order valence-corrected chi connectivity index (χ3v) is 11.8. The van der Waals surface area contributed by atoms with Crippen molar-refractivity contribution in [2.75, 3.05) is 0 Å². The highest BCUT2D eigenvalue weighted by molar-refractivity contribution is 6.16. The van der Waals surface area contributed by atoms with Crippen molar-refractivity contribution in [3.63, 3.8) is 0 Å². The van der Waals surface area contributed by atoms with E-state index >= 15 is 0 Å². The van der Waals surface area contributed by atoms with E-state index in [0.717, 1.165) is 55.4 Å². The van der Waals surface area contributed by atoms with Crippen molar-refractivity contribution in [3.05, 3.63) is 215 Å². The van der Waals surface area contributed by atoms with Crippen LogP contribution in [0.15, 0.2) is 203 Å². The molecule has 1 aliphatic carbocycles. The first kappa shape index (κ1) is 39.0. The van der Waals surface area contributed by atoms with E-state index in [-0.39, 0.29) is 27.9 Å². The van der Waals surface area contributed by atoms with E-state index in [0.29, 0.717) is 28.5 Å². The van der Waals surface area contributed by atoms with Crippen molar-refractivity contribution in [2.45, 2.75) is 18.8 Å². The number of nitrogens with zero attached hydrogens (tertiary/aromatic N) is 4. The molecule has 0 unspecified atom stereocenters. The van der Waals surface area contributed by atoms with Crippen LogP contribution in [0.3, 0.4) is 0 Å². The summed E-state index contributed by atoms with van der Waals surface area (Å²) in [7, 11) is 0. The molecule has 0 saturated carbocycles. The second kappa shape index (κ2) is 14.9. The summed E-state index contributed by atoms with van der Waals surface area (Å²) in [5, 5.41) is 7.90. The Morgan fingerprint density at radius 2 is 0.969 bits per heavy atom. The lowest BCUT2D eigenvalue weighted by Crippen LogP contribution is -2.38. The minimum atomic E-state index is -5.04. The molecule has 0 spiro atoms. The zero-order valence-electron chi connectivity index (χ0n) is 33.6. The number of aliphatic imine (C=N–C) groups is 2. The fraction of sp³-hybridized carbons (Fsp3) is 0.0566. The van der Waals surface area contributed by atoms with Crippen molar-refractivity contribution in [1.82, 2.24) is 14.5 Å². The molecule has 312 valence electrons. The summed E-state index contributed by atoms with van der Waals surface area (Å²) in [6.45, 7) is 0. The average Bonchev–Trinajstić information content (AvgIpc) is 3.83. The van der Waals surface area contributed by atoms with E-state index in [2.05, 4.69) is 56.9 Å². The molecule has 11 heteroatoms. The molecule has 5 nitrogen and oxygen atoms in total. The molecule has 0 atom stereocenters. The van der Waals surface area contributed by atoms with Gasteiger partial charge in [-0.1, -0.05) is 127 Å². The summed E-state index contributed by atoms with van der Waals surface area (Å²) >= 11 is 0. The van der Waals surface area contributed by atoms with Gasteiger partial charge in [0.1, 0.15) is 11.7 Å². The maximum Gasteiger partial charge on any atom is 0.416 e. The standard InChI is InChI=1S/C53H33F6N5/c54-52(55,56)35-27-34(28-36(29-35)53(57,58)59)39-25-23-37(30-44(39)51-61-49(32-13-3-1-4-14-32)60-50(62-51)33-15-5-2-6-16-33)64-47-22-12-9-19-42(47)43-26-24-38(31-48(43)64)63-45-20-10-7-17-40(45)41-18-8-11-21-46(41)63/h1-27,29-31H,28H2,(H,60,61,62). The van der Waals surface area contributed by atoms with Crippen LogP contribution in [0.4, 0.5) is 26.3 Å². The quantitative estimate of drug-likeness (QED) is 0.176. The first-order valence-electron chi connectivity index (χ1n) is 20.5. The van der Waals surface area contributed by atoms with Crippen LogP contribution in [0.5, 0.6) is 0 Å². The molecule has 64 heavy (non-hydrogen) atoms. The summed E-state index contributed by atoms with van der Waals surface area (Å²) in [4.78, 5) is 9.83. The van der Waals surface area contributed by atoms with Gasteiger partial charge in [-0.25, -0.2) is 9.98 Å². The number of hydrogen-bond acceptors (Lipinski definition) is 3. The number of alkyl halides is 6. The molecule has 0 saturated heterocycles. The Hall–Kier alpha value is -7.92. The third-order valence-electron chi connectivity index (χ3n) is 11.8. The number of allylic oxidation sites excluding steroid dienone is 4. The van der Waals surface area contributed by atoms with E-state index in [1.807, 2.05) is 109 Å². The Bertz CT molecular complexity index is 3570. The number of fused-ring (bicyclic) bond motifs is 6. The van der Waals surface area contributed by atoms with Crippen molar-refractivity contribution in [3.8, 4) is 11.4 Å². The topological polar surface area (TPSA) is 46.6 Å². The van der Waals surface area contributed by atoms with E-state index < -0.39 is 29.9 Å². The first-order chi connectivity index (χ1) is 31.0. The van der Waals surface area contributed by atoms with Gasteiger partial charge in [0.15, 0.2) is 5.84 Å². The van der Waals surface area contributed by atoms with Crippen molar-refractivity contribution < 1.29 is 26.3 Å². The number of rotatable bonds is 4. The van der Waals surface area contributed by atoms with Gasteiger partial charge in [0.2, 0.25) is 0 Å². The minimum absolute atomic E-state index is 0.153. The Balaban J connectivity index is 1.23. The monoisotopic (exact) mass is 853 g/mol. The fourth-order valence-electron chi connectivity index (χ4n) is 8.95. The summed E-state index contributed by atoms with van der Waals surface area (Å²) < 4.78 is 90.9. The highest BCUT2D eigenvalue weighted by atomic mass is 19.4. The average molecular weight is 854 g/mol. The molecule has 0 radical (unpaired) electrons. The van der Waals surface area contributed by atoms with Gasteiger partial charge in [0, 0.05) is 61.3 Å². The zero-order chi connectivity index (χ0) is 43.7. The van der Waals surface area contributed by atoms with E-state index in [1.54, 1.807) is 18.2 Å². The molecule has 7 aromatic carbocycles. The largest absolute Gasteiger partial charge is 0.416 e. The second-order valence-electron chi connectivity index (χ2n) is 15.7. The van der Waals surface area contributed by atoms with Gasteiger partial charge < -0.3 is 14.5 Å². The number of aromatic nitrogens is 2. The lowest BCUT2D eigenvalue weighted by atomic mass is 9.92. The minimum Gasteiger partial charge on any atom is -0.324 e. The van der Waals surface area contributed by atoms with Crippen molar-refractivity contribution in [2.24, 2.45) is 9.98 Å². The molecular weight excluding hydrogens is 821 g/mol. The molecule has 2 aliphatic rings. The summed E-state index contributed by atoms with van der Waals surface area (Å²) in [5.74, 6) is 0.923. The van der Waals surface area contributed by atoms with Crippen LogP contribution in [-0.2, 0) is 0 Å². The maximum atomic E-state index is 14.4. The van der Waals surface area contributed by atoms with Gasteiger partial charge in [0.05, 0.1) is 27.6 Å². The zero-order valence-corrected chi connectivity index (χ0v) is 33.6. The smallest absolute Gasteiger partial charge is 0.324 e. The molecule has 0 bridgehead atoms. The van der Waals surface area contributed by atoms with Crippen molar-refractivity contribution in [1.29, 1.82) is 0 Å². The Labute approximate surface area is 361 Å². The maximum absolute atomic E-state index is 14.4. The molecule has 1 N–H and O–H groups in total.